The zero-order valence-corrected chi connectivity index (χ0v) is 18.8. The maximum absolute atomic E-state index is 13.2. The Bertz CT molecular complexity index is 1580. The summed E-state index contributed by atoms with van der Waals surface area (Å²) in [7, 11) is 1.59. The van der Waals surface area contributed by atoms with Gasteiger partial charge in [-0.2, -0.15) is 9.78 Å². The Balaban J connectivity index is 1.57. The maximum atomic E-state index is 13.2. The Morgan fingerprint density at radius 3 is 2.57 bits per heavy atom. The molecule has 5 aromatic rings. The molecule has 3 aromatic carbocycles. The minimum Gasteiger partial charge on any atom is -0.497 e. The fourth-order valence-corrected chi connectivity index (χ4v) is 3.71. The average Bonchev–Trinajstić information content (AvgIpc) is 3.15. The number of para-hydroxylation sites is 2. The molecule has 174 valence electrons. The largest absolute Gasteiger partial charge is 0.497 e. The van der Waals surface area contributed by atoms with Crippen LogP contribution in [0.2, 0.25) is 0 Å². The van der Waals surface area contributed by atoms with Gasteiger partial charge in [-0.05, 0) is 47.5 Å². The Morgan fingerprint density at radius 2 is 1.83 bits per heavy atom. The van der Waals surface area contributed by atoms with Gasteiger partial charge in [0.05, 0.1) is 24.4 Å². The summed E-state index contributed by atoms with van der Waals surface area (Å²) in [6, 6.07) is 20.6. The molecule has 0 aliphatic heterocycles. The number of nitrogens with zero attached hydrogens (tertiary/aromatic N) is 4. The van der Waals surface area contributed by atoms with E-state index in [0.717, 1.165) is 11.1 Å². The third-order valence-electron chi connectivity index (χ3n) is 5.48. The molecule has 0 aliphatic carbocycles. The summed E-state index contributed by atoms with van der Waals surface area (Å²) >= 11 is 0. The van der Waals surface area contributed by atoms with Gasteiger partial charge in [0.1, 0.15) is 28.5 Å². The van der Waals surface area contributed by atoms with Gasteiger partial charge in [-0.15, -0.1) is 0 Å². The van der Waals surface area contributed by atoms with Crippen LogP contribution in [-0.2, 0) is 6.54 Å². The summed E-state index contributed by atoms with van der Waals surface area (Å²) in [5, 5.41) is 7.33. The zero-order chi connectivity index (χ0) is 24.4. The molecule has 0 bridgehead atoms. The third kappa shape index (κ3) is 4.39. The van der Waals surface area contributed by atoms with E-state index in [1.54, 1.807) is 25.5 Å². The number of nitrogens with two attached hydrogens (primary N) is 1. The number of methoxy groups -OCH3 is 1. The van der Waals surface area contributed by atoms with E-state index in [4.69, 9.17) is 10.5 Å². The third-order valence-corrected chi connectivity index (χ3v) is 5.48. The van der Waals surface area contributed by atoms with Crippen molar-refractivity contribution in [2.24, 2.45) is 5.10 Å². The van der Waals surface area contributed by atoms with Crippen LogP contribution in [0.15, 0.2) is 77.9 Å². The molecule has 0 saturated carbocycles. The first-order valence-corrected chi connectivity index (χ1v) is 10.8. The van der Waals surface area contributed by atoms with Crippen LogP contribution >= 0.6 is 0 Å². The van der Waals surface area contributed by atoms with E-state index < -0.39 is 5.91 Å². The monoisotopic (exact) mass is 468 g/mol. The summed E-state index contributed by atoms with van der Waals surface area (Å²) in [5.41, 5.74) is 10.1. The van der Waals surface area contributed by atoms with Crippen LogP contribution in [0, 0.1) is 5.82 Å². The molecule has 3 N–H and O–H groups in total. The highest BCUT2D eigenvalue weighted by Crippen LogP contribution is 2.28. The maximum Gasteiger partial charge on any atom is 0.257 e. The van der Waals surface area contributed by atoms with Crippen molar-refractivity contribution >= 4 is 40.1 Å². The van der Waals surface area contributed by atoms with Crippen molar-refractivity contribution in [3.63, 3.8) is 0 Å². The number of amides is 1. The number of ether oxygens (including phenoxy) is 1. The number of rotatable bonds is 6. The van der Waals surface area contributed by atoms with E-state index >= 15 is 0 Å². The molecule has 0 spiro atoms. The molecule has 0 radical (unpaired) electrons. The van der Waals surface area contributed by atoms with Crippen LogP contribution in [0.3, 0.4) is 0 Å². The molecule has 0 unspecified atom stereocenters. The van der Waals surface area contributed by atoms with Gasteiger partial charge in [0.2, 0.25) is 0 Å². The van der Waals surface area contributed by atoms with Gasteiger partial charge in [-0.25, -0.2) is 14.4 Å². The lowest BCUT2D eigenvalue weighted by Gasteiger charge is -2.06. The Kier molecular flexibility index (Phi) is 5.80. The molecule has 9 heteroatoms. The van der Waals surface area contributed by atoms with Gasteiger partial charge in [0.25, 0.3) is 5.91 Å². The SMILES string of the molecule is COc1cccc(/C=N/n2c(N)c(C(=O)NCc3ccc(F)cc3)c3nc4ccccc4nc32)c1. The molecule has 8 nitrogen and oxygen atoms in total. The quantitative estimate of drug-likeness (QED) is 0.365. The van der Waals surface area contributed by atoms with Gasteiger partial charge in [0.15, 0.2) is 5.65 Å². The van der Waals surface area contributed by atoms with Crippen molar-refractivity contribution in [1.82, 2.24) is 20.0 Å². The fourth-order valence-electron chi connectivity index (χ4n) is 3.71. The summed E-state index contributed by atoms with van der Waals surface area (Å²) in [4.78, 5) is 22.5. The molecule has 0 aliphatic rings. The summed E-state index contributed by atoms with van der Waals surface area (Å²) < 4.78 is 19.9. The summed E-state index contributed by atoms with van der Waals surface area (Å²) in [6.45, 7) is 0.194. The van der Waals surface area contributed by atoms with Crippen LogP contribution in [0.5, 0.6) is 5.75 Å². The standard InChI is InChI=1S/C26H21FN6O2/c1-35-19-6-4-5-17(13-19)15-30-33-24(28)22(26(34)29-14-16-9-11-18(27)12-10-16)23-25(33)32-21-8-3-2-7-20(21)31-23/h2-13,15H,14,28H2,1H3,(H,29,34)/b30-15+. The van der Waals surface area contributed by atoms with Gasteiger partial charge in [-0.1, -0.05) is 36.4 Å². The predicted molar refractivity (Wildman–Crippen MR) is 133 cm³/mol. The Labute approximate surface area is 199 Å². The van der Waals surface area contributed by atoms with E-state index in [0.29, 0.717) is 27.9 Å². The number of carbonyl (C=O) groups is 1. The molecule has 1 amide bonds. The van der Waals surface area contributed by atoms with E-state index in [9.17, 15) is 9.18 Å². The molecule has 0 saturated heterocycles. The van der Waals surface area contributed by atoms with E-state index in [1.165, 1.54) is 16.8 Å². The first-order valence-electron chi connectivity index (χ1n) is 10.8. The topological polar surface area (TPSA) is 107 Å². The van der Waals surface area contributed by atoms with E-state index in [1.807, 2.05) is 48.5 Å². The number of benzene rings is 3. The number of hydrogen-bond acceptors (Lipinski definition) is 6. The number of halogens is 1. The van der Waals surface area contributed by atoms with Crippen molar-refractivity contribution in [3.8, 4) is 5.75 Å². The molecule has 2 aromatic heterocycles. The minimum absolute atomic E-state index is 0.103. The molecule has 0 atom stereocenters. The number of hydrogen-bond donors (Lipinski definition) is 2. The van der Waals surface area contributed by atoms with Crippen molar-refractivity contribution in [2.75, 3.05) is 12.8 Å². The van der Waals surface area contributed by atoms with Crippen molar-refractivity contribution in [1.29, 1.82) is 0 Å². The lowest BCUT2D eigenvalue weighted by molar-refractivity contribution is 0.0953. The molecule has 35 heavy (non-hydrogen) atoms. The van der Waals surface area contributed by atoms with Crippen molar-refractivity contribution < 1.29 is 13.9 Å². The van der Waals surface area contributed by atoms with E-state index in [-0.39, 0.29) is 23.7 Å². The molecule has 5 rings (SSSR count). The molecular weight excluding hydrogens is 447 g/mol. The number of fused-ring (bicyclic) bond motifs is 2. The normalized spacial score (nSPS) is 11.4. The fraction of sp³-hybridized carbons (Fsp3) is 0.0769. The van der Waals surface area contributed by atoms with Crippen molar-refractivity contribution in [3.05, 3.63) is 95.3 Å². The number of nitrogens with one attached hydrogen (secondary N) is 1. The van der Waals surface area contributed by atoms with Crippen LogP contribution in [-0.4, -0.2) is 33.9 Å². The molecule has 0 fully saturated rings. The highest BCUT2D eigenvalue weighted by atomic mass is 19.1. The highest BCUT2D eigenvalue weighted by molar-refractivity contribution is 6.10. The molecule has 2 heterocycles. The zero-order valence-electron chi connectivity index (χ0n) is 18.8. The van der Waals surface area contributed by atoms with E-state index in [2.05, 4.69) is 20.4 Å². The Morgan fingerprint density at radius 1 is 1.09 bits per heavy atom. The second-order valence-corrected chi connectivity index (χ2v) is 7.79. The molecular formula is C26H21FN6O2. The lowest BCUT2D eigenvalue weighted by Crippen LogP contribution is -2.23. The van der Waals surface area contributed by atoms with Gasteiger partial charge >= 0.3 is 0 Å². The first-order chi connectivity index (χ1) is 17.0. The van der Waals surface area contributed by atoms with Gasteiger partial charge in [0, 0.05) is 6.54 Å². The highest BCUT2D eigenvalue weighted by Gasteiger charge is 2.24. The first kappa shape index (κ1) is 22.0. The second-order valence-electron chi connectivity index (χ2n) is 7.79. The number of nitrogen functional groups attached to an aromatic ring is 1. The van der Waals surface area contributed by atoms with Crippen molar-refractivity contribution in [2.45, 2.75) is 6.54 Å². The predicted octanol–water partition coefficient (Wildman–Crippen LogP) is 4.13. The summed E-state index contributed by atoms with van der Waals surface area (Å²) in [5.74, 6) is 0.0113. The van der Waals surface area contributed by atoms with Crippen LogP contribution in [0.1, 0.15) is 21.5 Å². The average molecular weight is 468 g/mol. The number of anilines is 1. The van der Waals surface area contributed by atoms with Crippen LogP contribution in [0.25, 0.3) is 22.2 Å². The van der Waals surface area contributed by atoms with Gasteiger partial charge < -0.3 is 15.8 Å². The number of aromatic nitrogens is 3. The lowest BCUT2D eigenvalue weighted by atomic mass is 10.2. The number of carbonyl (C=O) groups excluding carboxylic acids is 1. The minimum atomic E-state index is -0.434. The summed E-state index contributed by atoms with van der Waals surface area (Å²) in [6.07, 6.45) is 1.61. The Hall–Kier alpha value is -4.79. The second kappa shape index (κ2) is 9.22. The van der Waals surface area contributed by atoms with Crippen LogP contribution < -0.4 is 15.8 Å². The van der Waals surface area contributed by atoms with Gasteiger partial charge in [-0.3, -0.25) is 4.79 Å². The smallest absolute Gasteiger partial charge is 0.257 e. The van der Waals surface area contributed by atoms with Crippen LogP contribution in [0.4, 0.5) is 10.2 Å².